The number of ether oxygens (including phenoxy) is 1. The molecular formula is C25H26F4N4O2. The van der Waals surface area contributed by atoms with Crippen LogP contribution in [0.2, 0.25) is 0 Å². The van der Waals surface area contributed by atoms with Crippen LogP contribution in [0.15, 0.2) is 36.4 Å². The normalized spacial score (nSPS) is 22.0. The lowest BCUT2D eigenvalue weighted by molar-refractivity contribution is -0.137. The highest BCUT2D eigenvalue weighted by Crippen LogP contribution is 2.45. The number of nitrogens with one attached hydrogen (secondary N) is 1. The standard InChI is InChI=1S/C25H26F4N4O2/c1-16-21(26)4-3-5-22(16)31-23(34)32-9-8-24(15-35-2)14-33(13-18(24)12-32)19-7-6-17(11-30)20(10-19)25(27,28)29/h3-7,10,18H,8-9,12-15H2,1-2H3,(H,31,34)/t18-,24+/m1/s1. The van der Waals surface area contributed by atoms with E-state index in [4.69, 9.17) is 10.00 Å². The summed E-state index contributed by atoms with van der Waals surface area (Å²) in [6, 6.07) is 9.50. The third-order valence-corrected chi connectivity index (χ3v) is 7.16. The van der Waals surface area contributed by atoms with E-state index >= 15 is 0 Å². The Balaban J connectivity index is 1.54. The van der Waals surface area contributed by atoms with Crippen LogP contribution >= 0.6 is 0 Å². The number of alkyl halides is 3. The summed E-state index contributed by atoms with van der Waals surface area (Å²) in [6.07, 6.45) is -4.03. The molecule has 4 rings (SSSR count). The van der Waals surface area contributed by atoms with E-state index < -0.39 is 23.1 Å². The van der Waals surface area contributed by atoms with E-state index in [9.17, 15) is 22.4 Å². The minimum absolute atomic E-state index is 0.0412. The molecule has 2 aliphatic rings. The van der Waals surface area contributed by atoms with Gasteiger partial charge in [0.2, 0.25) is 0 Å². The molecule has 186 valence electrons. The van der Waals surface area contributed by atoms with E-state index in [1.54, 1.807) is 31.1 Å². The Morgan fingerprint density at radius 3 is 2.74 bits per heavy atom. The Kier molecular flexibility index (Phi) is 6.64. The average Bonchev–Trinajstić information content (AvgIpc) is 3.19. The summed E-state index contributed by atoms with van der Waals surface area (Å²) < 4.78 is 59.9. The van der Waals surface area contributed by atoms with Crippen LogP contribution in [-0.4, -0.2) is 50.8 Å². The molecule has 10 heteroatoms. The summed E-state index contributed by atoms with van der Waals surface area (Å²) in [5.74, 6) is -0.451. The average molecular weight is 491 g/mol. The maximum absolute atomic E-state index is 13.9. The third kappa shape index (κ3) is 4.78. The van der Waals surface area contributed by atoms with Crippen LogP contribution in [0.3, 0.4) is 0 Å². The maximum atomic E-state index is 13.9. The van der Waals surface area contributed by atoms with Crippen molar-refractivity contribution in [3.63, 3.8) is 0 Å². The van der Waals surface area contributed by atoms with Gasteiger partial charge < -0.3 is 19.9 Å². The number of amides is 2. The number of nitrogens with zero attached hydrogens (tertiary/aromatic N) is 3. The molecule has 2 saturated heterocycles. The molecule has 1 N–H and O–H groups in total. The number of carbonyl (C=O) groups excluding carboxylic acids is 1. The second-order valence-corrected chi connectivity index (χ2v) is 9.25. The molecule has 0 aromatic heterocycles. The lowest BCUT2D eigenvalue weighted by Crippen LogP contribution is -2.51. The van der Waals surface area contributed by atoms with Gasteiger partial charge in [-0.1, -0.05) is 6.07 Å². The van der Waals surface area contributed by atoms with Gasteiger partial charge in [0.25, 0.3) is 0 Å². The SMILES string of the molecule is COC[C@@]12CCN(C(=O)Nc3cccc(F)c3C)C[C@@H]1CN(c1ccc(C#N)c(C(F)(F)F)c1)C2. The van der Waals surface area contributed by atoms with Gasteiger partial charge in [-0.15, -0.1) is 0 Å². The zero-order chi connectivity index (χ0) is 25.4. The molecule has 0 bridgehead atoms. The molecule has 2 aromatic carbocycles. The third-order valence-electron chi connectivity index (χ3n) is 7.16. The van der Waals surface area contributed by atoms with Crippen LogP contribution in [0, 0.1) is 35.4 Å². The van der Waals surface area contributed by atoms with Gasteiger partial charge in [-0.05, 0) is 43.7 Å². The quantitative estimate of drug-likeness (QED) is 0.611. The number of hydrogen-bond donors (Lipinski definition) is 1. The predicted octanol–water partition coefficient (Wildman–Crippen LogP) is 5.03. The van der Waals surface area contributed by atoms with Gasteiger partial charge in [0.05, 0.1) is 23.8 Å². The van der Waals surface area contributed by atoms with Gasteiger partial charge in [-0.25, -0.2) is 9.18 Å². The first kappa shape index (κ1) is 24.8. The summed E-state index contributed by atoms with van der Waals surface area (Å²) in [4.78, 5) is 16.5. The number of fused-ring (bicyclic) bond motifs is 1. The van der Waals surface area contributed by atoms with Crippen molar-refractivity contribution in [2.45, 2.75) is 19.5 Å². The van der Waals surface area contributed by atoms with Crippen molar-refractivity contribution in [3.05, 3.63) is 58.9 Å². The van der Waals surface area contributed by atoms with Gasteiger partial charge in [-0.2, -0.15) is 18.4 Å². The Bertz CT molecular complexity index is 1160. The molecule has 2 aromatic rings. The molecule has 0 aliphatic carbocycles. The number of anilines is 2. The smallest absolute Gasteiger partial charge is 0.384 e. The van der Waals surface area contributed by atoms with Crippen LogP contribution in [0.1, 0.15) is 23.1 Å². The number of methoxy groups -OCH3 is 1. The molecule has 0 unspecified atom stereocenters. The van der Waals surface area contributed by atoms with Crippen molar-refractivity contribution >= 4 is 17.4 Å². The summed E-state index contributed by atoms with van der Waals surface area (Å²) in [5.41, 5.74) is -0.576. The Hall–Kier alpha value is -3.32. The van der Waals surface area contributed by atoms with Crippen LogP contribution in [0.4, 0.5) is 33.7 Å². The Labute approximate surface area is 201 Å². The van der Waals surface area contributed by atoms with Gasteiger partial charge >= 0.3 is 12.2 Å². The molecule has 0 radical (unpaired) electrons. The highest BCUT2D eigenvalue weighted by molar-refractivity contribution is 5.90. The van der Waals surface area contributed by atoms with E-state index in [0.717, 1.165) is 6.07 Å². The minimum Gasteiger partial charge on any atom is -0.384 e. The van der Waals surface area contributed by atoms with Crippen LogP contribution in [0.5, 0.6) is 0 Å². The molecule has 2 amide bonds. The number of likely N-dealkylation sites (tertiary alicyclic amines) is 1. The first-order valence-electron chi connectivity index (χ1n) is 11.2. The van der Waals surface area contributed by atoms with E-state index in [2.05, 4.69) is 5.32 Å². The summed E-state index contributed by atoms with van der Waals surface area (Å²) in [7, 11) is 1.59. The molecule has 2 aliphatic heterocycles. The number of halogens is 4. The number of piperidine rings is 1. The molecule has 6 nitrogen and oxygen atoms in total. The van der Waals surface area contributed by atoms with Crippen molar-refractivity contribution in [1.29, 1.82) is 5.26 Å². The van der Waals surface area contributed by atoms with Crippen molar-refractivity contribution in [2.75, 3.05) is 50.1 Å². The second kappa shape index (κ2) is 9.38. The van der Waals surface area contributed by atoms with Gasteiger partial charge in [0.15, 0.2) is 0 Å². The van der Waals surface area contributed by atoms with Crippen LogP contribution < -0.4 is 10.2 Å². The fourth-order valence-corrected chi connectivity index (χ4v) is 5.19. The summed E-state index contributed by atoms with van der Waals surface area (Å²) in [6.45, 7) is 3.75. The maximum Gasteiger partial charge on any atom is 0.417 e. The minimum atomic E-state index is -4.64. The number of hydrogen-bond acceptors (Lipinski definition) is 4. The molecule has 0 saturated carbocycles. The number of benzene rings is 2. The molecular weight excluding hydrogens is 464 g/mol. The molecule has 2 atom stereocenters. The van der Waals surface area contributed by atoms with Crippen LogP contribution in [0.25, 0.3) is 0 Å². The van der Waals surface area contributed by atoms with E-state index in [1.807, 2.05) is 4.90 Å². The first-order chi connectivity index (χ1) is 16.6. The van der Waals surface area contributed by atoms with Crippen molar-refractivity contribution < 1.29 is 27.1 Å². The zero-order valence-corrected chi connectivity index (χ0v) is 19.5. The fraction of sp³-hybridized carbons (Fsp3) is 0.440. The fourth-order valence-electron chi connectivity index (χ4n) is 5.19. The second-order valence-electron chi connectivity index (χ2n) is 9.25. The lowest BCUT2D eigenvalue weighted by atomic mass is 9.73. The topological polar surface area (TPSA) is 68.6 Å². The van der Waals surface area contributed by atoms with E-state index in [0.29, 0.717) is 56.1 Å². The lowest BCUT2D eigenvalue weighted by Gasteiger charge is -2.42. The Morgan fingerprint density at radius 1 is 1.29 bits per heavy atom. The highest BCUT2D eigenvalue weighted by Gasteiger charge is 2.50. The Morgan fingerprint density at radius 2 is 2.06 bits per heavy atom. The molecule has 0 spiro atoms. The highest BCUT2D eigenvalue weighted by atomic mass is 19.4. The van der Waals surface area contributed by atoms with E-state index in [1.165, 1.54) is 24.3 Å². The number of urea groups is 1. The van der Waals surface area contributed by atoms with Crippen molar-refractivity contribution in [3.8, 4) is 6.07 Å². The van der Waals surface area contributed by atoms with Crippen molar-refractivity contribution in [1.82, 2.24) is 4.90 Å². The summed E-state index contributed by atoms with van der Waals surface area (Å²) >= 11 is 0. The van der Waals surface area contributed by atoms with Crippen molar-refractivity contribution in [2.24, 2.45) is 11.3 Å². The largest absolute Gasteiger partial charge is 0.417 e. The first-order valence-corrected chi connectivity index (χ1v) is 11.2. The number of carbonyl (C=O) groups is 1. The number of rotatable bonds is 4. The van der Waals surface area contributed by atoms with Crippen LogP contribution in [-0.2, 0) is 10.9 Å². The van der Waals surface area contributed by atoms with Gasteiger partial charge in [-0.3, -0.25) is 0 Å². The molecule has 2 heterocycles. The van der Waals surface area contributed by atoms with E-state index in [-0.39, 0.29) is 17.4 Å². The number of nitriles is 1. The predicted molar refractivity (Wildman–Crippen MR) is 123 cm³/mol. The van der Waals surface area contributed by atoms with Gasteiger partial charge in [0.1, 0.15) is 5.82 Å². The monoisotopic (exact) mass is 490 g/mol. The van der Waals surface area contributed by atoms with Gasteiger partial charge in [0, 0.05) is 61.6 Å². The molecule has 2 fully saturated rings. The summed E-state index contributed by atoms with van der Waals surface area (Å²) in [5, 5.41) is 11.9. The molecule has 35 heavy (non-hydrogen) atoms. The zero-order valence-electron chi connectivity index (χ0n) is 19.5.